The van der Waals surface area contributed by atoms with Crippen molar-refractivity contribution in [2.75, 3.05) is 4.90 Å². The molecule has 1 aromatic carbocycles. The maximum Gasteiger partial charge on any atom is 0.0459 e. The van der Waals surface area contributed by atoms with Gasteiger partial charge in [-0.15, -0.1) is 0 Å². The minimum atomic E-state index is 0.136. The molecule has 0 spiro atoms. The Hall–Kier alpha value is -0.730. The van der Waals surface area contributed by atoms with Gasteiger partial charge < -0.3 is 10.6 Å². The van der Waals surface area contributed by atoms with Crippen LogP contribution in [0.3, 0.4) is 0 Å². The van der Waals surface area contributed by atoms with Crippen molar-refractivity contribution < 1.29 is 0 Å². The molecule has 0 amide bonds. The predicted molar refractivity (Wildman–Crippen MR) is 84.1 cm³/mol. The first-order chi connectivity index (χ1) is 9.04. The van der Waals surface area contributed by atoms with Crippen molar-refractivity contribution in [3.05, 3.63) is 28.8 Å². The maximum absolute atomic E-state index is 6.41. The standard InChI is InChI=1S/C16H25ClN2/c1-4-13-9-8-12(3)19(13)16-7-5-6-15(17)14(16)10-11(2)18/h5-7,11-13H,4,8-10,18H2,1-3H3. The van der Waals surface area contributed by atoms with Gasteiger partial charge >= 0.3 is 0 Å². The number of anilines is 1. The average molecular weight is 281 g/mol. The molecule has 1 saturated heterocycles. The molecule has 1 aliphatic heterocycles. The van der Waals surface area contributed by atoms with Crippen molar-refractivity contribution in [3.63, 3.8) is 0 Å². The van der Waals surface area contributed by atoms with Crippen molar-refractivity contribution in [3.8, 4) is 0 Å². The van der Waals surface area contributed by atoms with Gasteiger partial charge in [-0.2, -0.15) is 0 Å². The van der Waals surface area contributed by atoms with Crippen molar-refractivity contribution >= 4 is 17.3 Å². The van der Waals surface area contributed by atoms with Gasteiger partial charge in [0.2, 0.25) is 0 Å². The van der Waals surface area contributed by atoms with E-state index in [0.29, 0.717) is 12.1 Å². The smallest absolute Gasteiger partial charge is 0.0459 e. The molecular formula is C16H25ClN2. The van der Waals surface area contributed by atoms with E-state index in [1.807, 2.05) is 13.0 Å². The quantitative estimate of drug-likeness (QED) is 0.903. The lowest BCUT2D eigenvalue weighted by atomic mass is 10.0. The van der Waals surface area contributed by atoms with E-state index in [1.54, 1.807) is 0 Å². The van der Waals surface area contributed by atoms with Gasteiger partial charge in [0.1, 0.15) is 0 Å². The summed E-state index contributed by atoms with van der Waals surface area (Å²) in [4.78, 5) is 2.56. The molecule has 1 heterocycles. The molecule has 19 heavy (non-hydrogen) atoms. The zero-order valence-corrected chi connectivity index (χ0v) is 13.0. The fourth-order valence-corrected chi connectivity index (χ4v) is 3.47. The molecule has 2 N–H and O–H groups in total. The number of benzene rings is 1. The Bertz CT molecular complexity index is 431. The van der Waals surface area contributed by atoms with Crippen LogP contribution in [0.25, 0.3) is 0 Å². The Labute approximate surface area is 121 Å². The summed E-state index contributed by atoms with van der Waals surface area (Å²) >= 11 is 6.41. The number of hydrogen-bond donors (Lipinski definition) is 1. The number of nitrogens with zero attached hydrogens (tertiary/aromatic N) is 1. The lowest BCUT2D eigenvalue weighted by molar-refractivity contribution is 0.622. The first kappa shape index (κ1) is 14.7. The highest BCUT2D eigenvalue weighted by Gasteiger charge is 2.31. The topological polar surface area (TPSA) is 29.3 Å². The highest BCUT2D eigenvalue weighted by atomic mass is 35.5. The Morgan fingerprint density at radius 1 is 1.42 bits per heavy atom. The van der Waals surface area contributed by atoms with E-state index in [-0.39, 0.29) is 6.04 Å². The molecule has 0 radical (unpaired) electrons. The summed E-state index contributed by atoms with van der Waals surface area (Å²) in [6.07, 6.45) is 4.58. The van der Waals surface area contributed by atoms with Crippen LogP contribution in [0.2, 0.25) is 5.02 Å². The highest BCUT2D eigenvalue weighted by Crippen LogP contribution is 2.37. The second-order valence-electron chi connectivity index (χ2n) is 5.81. The van der Waals surface area contributed by atoms with Crippen molar-refractivity contribution in [2.24, 2.45) is 5.73 Å². The molecular weight excluding hydrogens is 256 g/mol. The van der Waals surface area contributed by atoms with E-state index in [1.165, 1.54) is 30.5 Å². The van der Waals surface area contributed by atoms with E-state index >= 15 is 0 Å². The van der Waals surface area contributed by atoms with Crippen LogP contribution in [-0.2, 0) is 6.42 Å². The summed E-state index contributed by atoms with van der Waals surface area (Å²) in [6, 6.07) is 7.60. The first-order valence-electron chi connectivity index (χ1n) is 7.35. The summed E-state index contributed by atoms with van der Waals surface area (Å²) < 4.78 is 0. The van der Waals surface area contributed by atoms with Crippen LogP contribution < -0.4 is 10.6 Å². The van der Waals surface area contributed by atoms with E-state index in [9.17, 15) is 0 Å². The maximum atomic E-state index is 6.41. The number of halogens is 1. The number of rotatable bonds is 4. The fraction of sp³-hybridized carbons (Fsp3) is 0.625. The third-order valence-electron chi connectivity index (χ3n) is 4.16. The number of hydrogen-bond acceptors (Lipinski definition) is 2. The van der Waals surface area contributed by atoms with Crippen LogP contribution in [-0.4, -0.2) is 18.1 Å². The molecule has 1 fully saturated rings. The van der Waals surface area contributed by atoms with Gasteiger partial charge in [-0.05, 0) is 57.2 Å². The molecule has 1 aliphatic rings. The average Bonchev–Trinajstić information content (AvgIpc) is 2.72. The number of nitrogens with two attached hydrogens (primary N) is 1. The minimum absolute atomic E-state index is 0.136. The van der Waals surface area contributed by atoms with Gasteiger partial charge in [0, 0.05) is 28.8 Å². The Morgan fingerprint density at radius 3 is 2.79 bits per heavy atom. The molecule has 1 aromatic rings. The van der Waals surface area contributed by atoms with E-state index in [0.717, 1.165) is 11.4 Å². The second kappa shape index (κ2) is 6.15. The van der Waals surface area contributed by atoms with Gasteiger partial charge in [-0.1, -0.05) is 24.6 Å². The molecule has 0 aliphatic carbocycles. The molecule has 2 rings (SSSR count). The largest absolute Gasteiger partial charge is 0.366 e. The molecule has 3 heteroatoms. The molecule has 0 bridgehead atoms. The summed E-state index contributed by atoms with van der Waals surface area (Å²) in [6.45, 7) is 6.62. The zero-order chi connectivity index (χ0) is 14.0. The summed E-state index contributed by atoms with van der Waals surface area (Å²) in [5.41, 5.74) is 8.49. The van der Waals surface area contributed by atoms with Crippen molar-refractivity contribution in [1.29, 1.82) is 0 Å². The summed E-state index contributed by atoms with van der Waals surface area (Å²) in [5, 5.41) is 0.851. The summed E-state index contributed by atoms with van der Waals surface area (Å²) in [5.74, 6) is 0. The third-order valence-corrected chi connectivity index (χ3v) is 4.51. The molecule has 0 saturated carbocycles. The normalized spacial score (nSPS) is 24.8. The first-order valence-corrected chi connectivity index (χ1v) is 7.73. The lowest BCUT2D eigenvalue weighted by Gasteiger charge is -2.33. The van der Waals surface area contributed by atoms with Crippen LogP contribution in [0.4, 0.5) is 5.69 Å². The second-order valence-corrected chi connectivity index (χ2v) is 6.22. The molecule has 2 nitrogen and oxygen atoms in total. The van der Waals surface area contributed by atoms with Crippen LogP contribution >= 0.6 is 11.6 Å². The highest BCUT2D eigenvalue weighted by molar-refractivity contribution is 6.31. The van der Waals surface area contributed by atoms with Crippen LogP contribution in [0.15, 0.2) is 18.2 Å². The molecule has 3 atom stereocenters. The third kappa shape index (κ3) is 3.06. The van der Waals surface area contributed by atoms with Crippen molar-refractivity contribution in [2.45, 2.75) is 64.6 Å². The van der Waals surface area contributed by atoms with Crippen LogP contribution in [0, 0.1) is 0 Å². The van der Waals surface area contributed by atoms with Gasteiger partial charge in [0.05, 0.1) is 0 Å². The van der Waals surface area contributed by atoms with Gasteiger partial charge in [-0.25, -0.2) is 0 Å². The van der Waals surface area contributed by atoms with Crippen LogP contribution in [0.5, 0.6) is 0 Å². The predicted octanol–water partition coefficient (Wildman–Crippen LogP) is 4.00. The summed E-state index contributed by atoms with van der Waals surface area (Å²) in [7, 11) is 0. The fourth-order valence-electron chi connectivity index (χ4n) is 3.22. The van der Waals surface area contributed by atoms with Crippen molar-refractivity contribution in [1.82, 2.24) is 0 Å². The van der Waals surface area contributed by atoms with Crippen LogP contribution in [0.1, 0.15) is 45.6 Å². The SMILES string of the molecule is CCC1CCC(C)N1c1cccc(Cl)c1CC(C)N. The monoisotopic (exact) mass is 280 g/mol. The van der Waals surface area contributed by atoms with Gasteiger partial charge in [0.15, 0.2) is 0 Å². The van der Waals surface area contributed by atoms with Gasteiger partial charge in [-0.3, -0.25) is 0 Å². The zero-order valence-electron chi connectivity index (χ0n) is 12.2. The van der Waals surface area contributed by atoms with E-state index in [2.05, 4.69) is 30.9 Å². The molecule has 3 unspecified atom stereocenters. The molecule has 0 aromatic heterocycles. The van der Waals surface area contributed by atoms with E-state index in [4.69, 9.17) is 17.3 Å². The molecule has 106 valence electrons. The Kier molecular flexibility index (Phi) is 4.75. The Balaban J connectivity index is 2.40. The van der Waals surface area contributed by atoms with E-state index < -0.39 is 0 Å². The minimum Gasteiger partial charge on any atom is -0.366 e. The lowest BCUT2D eigenvalue weighted by Crippen LogP contribution is -2.35. The Morgan fingerprint density at radius 2 is 2.16 bits per heavy atom. The van der Waals surface area contributed by atoms with Gasteiger partial charge in [0.25, 0.3) is 0 Å².